The summed E-state index contributed by atoms with van der Waals surface area (Å²) in [5, 5.41) is 4.62. The number of likely N-dealkylation sites (tertiary alicyclic amines) is 1. The molecule has 17 heavy (non-hydrogen) atoms. The molecule has 0 radical (unpaired) electrons. The molecule has 0 amide bonds. The Morgan fingerprint density at radius 1 is 1.35 bits per heavy atom. The number of piperidine rings is 1. The minimum Gasteiger partial charge on any atom is -0.312 e. The van der Waals surface area contributed by atoms with Crippen LogP contribution in [0.3, 0.4) is 0 Å². The van der Waals surface area contributed by atoms with Crippen LogP contribution >= 0.6 is 11.8 Å². The van der Waals surface area contributed by atoms with Crippen molar-refractivity contribution in [2.75, 3.05) is 26.2 Å². The molecule has 0 aromatic heterocycles. The Labute approximate surface area is 111 Å². The molecule has 2 nitrogen and oxygen atoms in total. The standard InChI is InChI=1S/C14H28N2S/c1-4-13-14(3,17-13)12(2)15-8-11-16-9-6-5-7-10-16/h12-13,15H,4-11H2,1-3H3/t12-,13?,14+/m0/s1. The van der Waals surface area contributed by atoms with Gasteiger partial charge in [0.15, 0.2) is 0 Å². The molecule has 2 aliphatic heterocycles. The topological polar surface area (TPSA) is 15.3 Å². The van der Waals surface area contributed by atoms with Gasteiger partial charge in [-0.2, -0.15) is 0 Å². The average Bonchev–Trinajstić information content (AvgIpc) is 3.03. The monoisotopic (exact) mass is 256 g/mol. The lowest BCUT2D eigenvalue weighted by molar-refractivity contribution is 0.225. The Morgan fingerprint density at radius 2 is 2.06 bits per heavy atom. The first-order valence-corrected chi connectivity index (χ1v) is 8.18. The van der Waals surface area contributed by atoms with E-state index in [9.17, 15) is 0 Å². The summed E-state index contributed by atoms with van der Waals surface area (Å²) in [6.45, 7) is 12.1. The smallest absolute Gasteiger partial charge is 0.0403 e. The lowest BCUT2D eigenvalue weighted by Crippen LogP contribution is -2.43. The molecular formula is C14H28N2S. The van der Waals surface area contributed by atoms with Crippen LogP contribution < -0.4 is 5.32 Å². The van der Waals surface area contributed by atoms with Gasteiger partial charge in [-0.15, -0.1) is 11.8 Å². The molecule has 2 fully saturated rings. The number of hydrogen-bond acceptors (Lipinski definition) is 3. The van der Waals surface area contributed by atoms with E-state index in [0.29, 0.717) is 10.8 Å². The van der Waals surface area contributed by atoms with Gasteiger partial charge in [-0.25, -0.2) is 0 Å². The maximum absolute atomic E-state index is 3.73. The lowest BCUT2D eigenvalue weighted by Gasteiger charge is -2.28. The highest BCUT2D eigenvalue weighted by Crippen LogP contribution is 2.56. The molecule has 3 heteroatoms. The molecule has 3 atom stereocenters. The molecule has 0 aliphatic carbocycles. The molecule has 2 saturated heterocycles. The van der Waals surface area contributed by atoms with E-state index in [1.54, 1.807) is 0 Å². The van der Waals surface area contributed by atoms with E-state index < -0.39 is 0 Å². The molecule has 0 aromatic carbocycles. The molecule has 0 aromatic rings. The Morgan fingerprint density at radius 3 is 2.65 bits per heavy atom. The average molecular weight is 256 g/mol. The fourth-order valence-corrected chi connectivity index (χ4v) is 4.34. The van der Waals surface area contributed by atoms with E-state index in [-0.39, 0.29) is 0 Å². The van der Waals surface area contributed by atoms with Gasteiger partial charge < -0.3 is 10.2 Å². The van der Waals surface area contributed by atoms with Crippen LogP contribution in [-0.2, 0) is 0 Å². The van der Waals surface area contributed by atoms with Crippen LogP contribution in [0.15, 0.2) is 0 Å². The second-order valence-corrected chi connectivity index (χ2v) is 7.46. The summed E-state index contributed by atoms with van der Waals surface area (Å²) in [6.07, 6.45) is 5.56. The van der Waals surface area contributed by atoms with Crippen molar-refractivity contribution in [3.8, 4) is 0 Å². The zero-order valence-electron chi connectivity index (χ0n) is 11.7. The van der Waals surface area contributed by atoms with Gasteiger partial charge in [-0.3, -0.25) is 0 Å². The predicted molar refractivity (Wildman–Crippen MR) is 77.8 cm³/mol. The summed E-state index contributed by atoms with van der Waals surface area (Å²) < 4.78 is 0.511. The summed E-state index contributed by atoms with van der Waals surface area (Å²) in [6, 6.07) is 0.655. The van der Waals surface area contributed by atoms with E-state index >= 15 is 0 Å². The number of thioether (sulfide) groups is 1. The van der Waals surface area contributed by atoms with Crippen molar-refractivity contribution < 1.29 is 0 Å². The van der Waals surface area contributed by atoms with Crippen LogP contribution in [0.4, 0.5) is 0 Å². The molecule has 0 saturated carbocycles. The van der Waals surface area contributed by atoms with Gasteiger partial charge in [0.2, 0.25) is 0 Å². The zero-order chi connectivity index (χ0) is 12.3. The van der Waals surface area contributed by atoms with Gasteiger partial charge in [-0.1, -0.05) is 13.3 Å². The Bertz CT molecular complexity index is 240. The van der Waals surface area contributed by atoms with Crippen LogP contribution in [0, 0.1) is 0 Å². The number of nitrogens with zero attached hydrogens (tertiary/aromatic N) is 1. The summed E-state index contributed by atoms with van der Waals surface area (Å²) >= 11 is 2.16. The van der Waals surface area contributed by atoms with E-state index in [4.69, 9.17) is 0 Å². The third-order valence-electron chi connectivity index (χ3n) is 4.54. The first kappa shape index (κ1) is 13.7. The molecule has 2 heterocycles. The Balaban J connectivity index is 1.61. The van der Waals surface area contributed by atoms with Crippen LogP contribution in [-0.4, -0.2) is 47.1 Å². The van der Waals surface area contributed by atoms with E-state index in [1.807, 2.05) is 0 Å². The van der Waals surface area contributed by atoms with E-state index in [1.165, 1.54) is 45.3 Å². The van der Waals surface area contributed by atoms with Gasteiger partial charge in [0, 0.05) is 29.1 Å². The highest BCUT2D eigenvalue weighted by molar-refractivity contribution is 8.08. The van der Waals surface area contributed by atoms with Crippen LogP contribution in [0.25, 0.3) is 0 Å². The molecule has 1 N–H and O–H groups in total. The largest absolute Gasteiger partial charge is 0.312 e. The van der Waals surface area contributed by atoms with E-state index in [2.05, 4.69) is 42.7 Å². The summed E-state index contributed by atoms with van der Waals surface area (Å²) in [4.78, 5) is 2.61. The second-order valence-electron chi connectivity index (χ2n) is 5.78. The first-order valence-electron chi connectivity index (χ1n) is 7.30. The van der Waals surface area contributed by atoms with Crippen molar-refractivity contribution in [3.05, 3.63) is 0 Å². The van der Waals surface area contributed by atoms with Crippen molar-refractivity contribution in [2.24, 2.45) is 0 Å². The third-order valence-corrected chi connectivity index (χ3v) is 6.54. The van der Waals surface area contributed by atoms with E-state index in [0.717, 1.165) is 11.8 Å². The summed E-state index contributed by atoms with van der Waals surface area (Å²) in [5.74, 6) is 0. The van der Waals surface area contributed by atoms with Gasteiger partial charge >= 0.3 is 0 Å². The molecule has 100 valence electrons. The summed E-state index contributed by atoms with van der Waals surface area (Å²) in [7, 11) is 0. The summed E-state index contributed by atoms with van der Waals surface area (Å²) in [5.41, 5.74) is 0. The molecule has 1 unspecified atom stereocenters. The number of rotatable bonds is 6. The minimum absolute atomic E-state index is 0.511. The molecule has 0 bridgehead atoms. The zero-order valence-corrected chi connectivity index (χ0v) is 12.5. The highest BCUT2D eigenvalue weighted by atomic mass is 32.2. The SMILES string of the molecule is CCC1S[C@]1(C)[C@H](C)NCCN1CCCCC1. The van der Waals surface area contributed by atoms with Crippen LogP contribution in [0.5, 0.6) is 0 Å². The molecular weight excluding hydrogens is 228 g/mol. The normalized spacial score (nSPS) is 35.8. The molecule has 2 aliphatic rings. The van der Waals surface area contributed by atoms with Crippen molar-refractivity contribution in [3.63, 3.8) is 0 Å². The molecule has 0 spiro atoms. The van der Waals surface area contributed by atoms with Gasteiger partial charge in [0.05, 0.1) is 0 Å². The van der Waals surface area contributed by atoms with Crippen molar-refractivity contribution in [1.29, 1.82) is 0 Å². The van der Waals surface area contributed by atoms with Gasteiger partial charge in [0.1, 0.15) is 0 Å². The number of nitrogens with one attached hydrogen (secondary N) is 1. The Kier molecular flexibility index (Phi) is 4.79. The van der Waals surface area contributed by atoms with Crippen molar-refractivity contribution in [1.82, 2.24) is 10.2 Å². The van der Waals surface area contributed by atoms with Crippen LogP contribution in [0.2, 0.25) is 0 Å². The maximum atomic E-state index is 3.73. The minimum atomic E-state index is 0.511. The van der Waals surface area contributed by atoms with Crippen molar-refractivity contribution in [2.45, 2.75) is 62.5 Å². The highest BCUT2D eigenvalue weighted by Gasteiger charge is 2.53. The fourth-order valence-electron chi connectivity index (χ4n) is 2.97. The maximum Gasteiger partial charge on any atom is 0.0403 e. The quantitative estimate of drug-likeness (QED) is 0.736. The second kappa shape index (κ2) is 5.94. The third kappa shape index (κ3) is 3.39. The predicted octanol–water partition coefficient (Wildman–Crippen LogP) is 2.73. The van der Waals surface area contributed by atoms with Crippen molar-refractivity contribution >= 4 is 11.8 Å². The van der Waals surface area contributed by atoms with Crippen LogP contribution in [0.1, 0.15) is 46.5 Å². The van der Waals surface area contributed by atoms with Gasteiger partial charge in [0.25, 0.3) is 0 Å². The fraction of sp³-hybridized carbons (Fsp3) is 1.00. The first-order chi connectivity index (χ1) is 8.16. The number of hydrogen-bond donors (Lipinski definition) is 1. The lowest BCUT2D eigenvalue weighted by atomic mass is 9.98. The molecule has 2 rings (SSSR count). The van der Waals surface area contributed by atoms with Gasteiger partial charge in [-0.05, 0) is 46.2 Å². The Hall–Kier alpha value is 0.270.